The molecule has 1 aromatic rings. The summed E-state index contributed by atoms with van der Waals surface area (Å²) in [5.41, 5.74) is 1.54. The average Bonchev–Trinajstić information content (AvgIpc) is 2.58. The quantitative estimate of drug-likeness (QED) is 0.645. The smallest absolute Gasteiger partial charge is 0.0254 e. The summed E-state index contributed by atoms with van der Waals surface area (Å²) in [6, 6.07) is 4.41. The van der Waals surface area contributed by atoms with Gasteiger partial charge in [0.25, 0.3) is 0 Å². The van der Waals surface area contributed by atoms with Gasteiger partial charge < -0.3 is 4.57 Å². The minimum absolute atomic E-state index is 0.932. The number of nitrogens with zero attached hydrogens (tertiary/aromatic N) is 1. The average molecular weight is 163 g/mol. The number of aromatic nitrogens is 1. The number of rotatable bonds is 3. The fourth-order valence-corrected chi connectivity index (χ4v) is 2.14. The highest BCUT2D eigenvalue weighted by Gasteiger charge is 2.19. The Balaban J connectivity index is 1.90. The van der Waals surface area contributed by atoms with E-state index in [0.29, 0.717) is 0 Å². The lowest BCUT2D eigenvalue weighted by molar-refractivity contribution is 0.456. The molecule has 0 aliphatic carbocycles. The molecule has 0 fully saturated rings. The maximum absolute atomic E-state index is 2.40. The van der Waals surface area contributed by atoms with Crippen molar-refractivity contribution in [2.24, 2.45) is 5.92 Å². The van der Waals surface area contributed by atoms with Gasteiger partial charge in [0.05, 0.1) is 0 Å². The van der Waals surface area contributed by atoms with Crippen LogP contribution >= 0.6 is 0 Å². The summed E-state index contributed by atoms with van der Waals surface area (Å²) >= 11 is 0. The highest BCUT2D eigenvalue weighted by Crippen LogP contribution is 2.24. The maximum atomic E-state index is 2.40. The van der Waals surface area contributed by atoms with Gasteiger partial charge in [-0.3, -0.25) is 0 Å². The van der Waals surface area contributed by atoms with Gasteiger partial charge in [-0.25, -0.2) is 0 Å². The Labute approximate surface area is 74.4 Å². The molecule has 0 N–H and O–H groups in total. The predicted molar refractivity (Wildman–Crippen MR) is 51.2 cm³/mol. The Morgan fingerprint density at radius 1 is 1.58 bits per heavy atom. The van der Waals surface area contributed by atoms with Crippen LogP contribution in [0, 0.1) is 5.92 Å². The zero-order valence-electron chi connectivity index (χ0n) is 7.79. The molecule has 0 bridgehead atoms. The Bertz CT molecular complexity index is 229. The van der Waals surface area contributed by atoms with Crippen LogP contribution in [0.5, 0.6) is 0 Å². The summed E-state index contributed by atoms with van der Waals surface area (Å²) in [7, 11) is 0. The van der Waals surface area contributed by atoms with Gasteiger partial charge in [0.15, 0.2) is 0 Å². The van der Waals surface area contributed by atoms with Crippen LogP contribution in [0.25, 0.3) is 0 Å². The first-order valence-corrected chi connectivity index (χ1v) is 5.04. The first-order valence-electron chi connectivity index (χ1n) is 5.04. The standard InChI is InChI=1S/C11H17N/c1-2-3-5-10-8-11-6-4-7-12(11)9-10/h4,6-7,10H,2-3,5,8-9H2,1H3. The van der Waals surface area contributed by atoms with E-state index in [1.54, 1.807) is 0 Å². The van der Waals surface area contributed by atoms with Gasteiger partial charge in [0, 0.05) is 18.4 Å². The van der Waals surface area contributed by atoms with Crippen molar-refractivity contribution in [2.45, 2.75) is 39.2 Å². The molecule has 0 amide bonds. The third-order valence-corrected chi connectivity index (χ3v) is 2.84. The molecular weight excluding hydrogens is 146 g/mol. The van der Waals surface area contributed by atoms with Gasteiger partial charge in [-0.15, -0.1) is 0 Å². The molecule has 1 heteroatoms. The van der Waals surface area contributed by atoms with Crippen molar-refractivity contribution in [3.8, 4) is 0 Å². The molecule has 1 unspecified atom stereocenters. The lowest BCUT2D eigenvalue weighted by Gasteiger charge is -2.06. The minimum Gasteiger partial charge on any atom is -0.351 e. The van der Waals surface area contributed by atoms with Gasteiger partial charge >= 0.3 is 0 Å². The lowest BCUT2D eigenvalue weighted by atomic mass is 10.00. The van der Waals surface area contributed by atoms with Crippen molar-refractivity contribution in [3.63, 3.8) is 0 Å². The molecule has 0 spiro atoms. The van der Waals surface area contributed by atoms with Crippen molar-refractivity contribution in [3.05, 3.63) is 24.0 Å². The molecular formula is C11H17N. The minimum atomic E-state index is 0.932. The van der Waals surface area contributed by atoms with E-state index in [1.165, 1.54) is 37.9 Å². The summed E-state index contributed by atoms with van der Waals surface area (Å²) in [4.78, 5) is 0. The van der Waals surface area contributed by atoms with Crippen LogP contribution in [0.2, 0.25) is 0 Å². The number of hydrogen-bond acceptors (Lipinski definition) is 0. The van der Waals surface area contributed by atoms with Gasteiger partial charge in [0.2, 0.25) is 0 Å². The molecule has 0 saturated carbocycles. The molecule has 12 heavy (non-hydrogen) atoms. The zero-order valence-corrected chi connectivity index (χ0v) is 7.79. The van der Waals surface area contributed by atoms with E-state index in [2.05, 4.69) is 29.8 Å². The SMILES string of the molecule is CCCCC1Cc2cccn2C1. The van der Waals surface area contributed by atoms with Crippen molar-refractivity contribution in [1.82, 2.24) is 4.57 Å². The van der Waals surface area contributed by atoms with Crippen LogP contribution in [0.1, 0.15) is 31.9 Å². The summed E-state index contributed by atoms with van der Waals surface area (Å²) in [5, 5.41) is 0. The number of fused-ring (bicyclic) bond motifs is 1. The third-order valence-electron chi connectivity index (χ3n) is 2.84. The van der Waals surface area contributed by atoms with E-state index < -0.39 is 0 Å². The Morgan fingerprint density at radius 2 is 2.50 bits per heavy atom. The molecule has 0 saturated heterocycles. The third kappa shape index (κ3) is 1.40. The molecule has 0 aromatic carbocycles. The molecule has 2 rings (SSSR count). The number of unbranched alkanes of at least 4 members (excludes halogenated alkanes) is 1. The fraction of sp³-hybridized carbons (Fsp3) is 0.636. The summed E-state index contributed by atoms with van der Waals surface area (Å²) in [5.74, 6) is 0.932. The van der Waals surface area contributed by atoms with Crippen LogP contribution in [-0.2, 0) is 13.0 Å². The second-order valence-electron chi connectivity index (χ2n) is 3.86. The lowest BCUT2D eigenvalue weighted by Crippen LogP contribution is -2.01. The van der Waals surface area contributed by atoms with Gasteiger partial charge in [0.1, 0.15) is 0 Å². The van der Waals surface area contributed by atoms with E-state index in [9.17, 15) is 0 Å². The molecule has 1 aromatic heterocycles. The second kappa shape index (κ2) is 3.34. The summed E-state index contributed by atoms with van der Waals surface area (Å²) < 4.78 is 2.40. The molecule has 1 aliphatic heterocycles. The normalized spacial score (nSPS) is 21.2. The van der Waals surface area contributed by atoms with E-state index in [1.807, 2.05) is 0 Å². The molecule has 1 aliphatic rings. The van der Waals surface area contributed by atoms with E-state index in [4.69, 9.17) is 0 Å². The van der Waals surface area contributed by atoms with Crippen LogP contribution in [0.4, 0.5) is 0 Å². The molecule has 0 radical (unpaired) electrons. The summed E-state index contributed by atoms with van der Waals surface area (Å²) in [6.07, 6.45) is 7.67. The second-order valence-corrected chi connectivity index (χ2v) is 3.86. The van der Waals surface area contributed by atoms with Crippen molar-refractivity contribution >= 4 is 0 Å². The van der Waals surface area contributed by atoms with Crippen LogP contribution in [-0.4, -0.2) is 4.57 Å². The molecule has 1 nitrogen and oxygen atoms in total. The van der Waals surface area contributed by atoms with Gasteiger partial charge in [-0.05, 0) is 30.9 Å². The predicted octanol–water partition coefficient (Wildman–Crippen LogP) is 2.85. The Kier molecular flexibility index (Phi) is 2.20. The first kappa shape index (κ1) is 7.90. The van der Waals surface area contributed by atoms with Crippen molar-refractivity contribution in [2.75, 3.05) is 0 Å². The van der Waals surface area contributed by atoms with Crippen LogP contribution in [0.3, 0.4) is 0 Å². The van der Waals surface area contributed by atoms with Crippen LogP contribution in [0.15, 0.2) is 18.3 Å². The van der Waals surface area contributed by atoms with E-state index in [0.717, 1.165) is 5.92 Å². The Morgan fingerprint density at radius 3 is 3.25 bits per heavy atom. The monoisotopic (exact) mass is 163 g/mol. The highest BCUT2D eigenvalue weighted by atomic mass is 15.0. The van der Waals surface area contributed by atoms with Gasteiger partial charge in [-0.1, -0.05) is 19.8 Å². The fourth-order valence-electron chi connectivity index (χ4n) is 2.14. The highest BCUT2D eigenvalue weighted by molar-refractivity contribution is 5.11. The zero-order chi connectivity index (χ0) is 8.39. The van der Waals surface area contributed by atoms with Crippen molar-refractivity contribution < 1.29 is 0 Å². The molecule has 1 atom stereocenters. The largest absolute Gasteiger partial charge is 0.351 e. The summed E-state index contributed by atoms with van der Waals surface area (Å²) in [6.45, 7) is 3.54. The van der Waals surface area contributed by atoms with Crippen molar-refractivity contribution in [1.29, 1.82) is 0 Å². The maximum Gasteiger partial charge on any atom is 0.0254 e. The van der Waals surface area contributed by atoms with Crippen LogP contribution < -0.4 is 0 Å². The number of hydrogen-bond donors (Lipinski definition) is 0. The van der Waals surface area contributed by atoms with Gasteiger partial charge in [-0.2, -0.15) is 0 Å². The Hall–Kier alpha value is -0.720. The van der Waals surface area contributed by atoms with E-state index >= 15 is 0 Å². The molecule has 66 valence electrons. The van der Waals surface area contributed by atoms with E-state index in [-0.39, 0.29) is 0 Å². The molecule has 2 heterocycles. The first-order chi connectivity index (χ1) is 5.90. The topological polar surface area (TPSA) is 4.93 Å².